The second-order valence-corrected chi connectivity index (χ2v) is 7.44. The highest BCUT2D eigenvalue weighted by Gasteiger charge is 2.30. The van der Waals surface area contributed by atoms with Crippen LogP contribution in [0.3, 0.4) is 0 Å². The van der Waals surface area contributed by atoms with Crippen LogP contribution in [0, 0.1) is 11.7 Å². The van der Waals surface area contributed by atoms with Crippen molar-refractivity contribution in [2.45, 2.75) is 6.04 Å². The normalized spacial score (nSPS) is 26.7. The quantitative estimate of drug-likeness (QED) is 0.822. The number of hydrogen-bond donors (Lipinski definition) is 2. The molecule has 0 amide bonds. The summed E-state index contributed by atoms with van der Waals surface area (Å²) in [5.74, 6) is 1.55. The van der Waals surface area contributed by atoms with Gasteiger partial charge in [-0.15, -0.1) is 0 Å². The van der Waals surface area contributed by atoms with Crippen molar-refractivity contribution in [3.63, 3.8) is 0 Å². The maximum absolute atomic E-state index is 13.5. The zero-order valence-electron chi connectivity index (χ0n) is 13.8. The molecule has 3 rings (SSSR count). The highest BCUT2D eigenvalue weighted by Crippen LogP contribution is 2.26. The molecule has 2 aliphatic rings. The number of hydrogen-bond acceptors (Lipinski definition) is 5. The molecule has 0 aromatic heterocycles. The van der Waals surface area contributed by atoms with E-state index in [0.717, 1.165) is 31.7 Å². The molecule has 1 aromatic carbocycles. The van der Waals surface area contributed by atoms with Crippen LogP contribution in [0.15, 0.2) is 24.3 Å². The molecule has 2 N–H and O–H groups in total. The van der Waals surface area contributed by atoms with Gasteiger partial charge in [-0.3, -0.25) is 10.3 Å². The van der Waals surface area contributed by atoms with Crippen LogP contribution in [0.2, 0.25) is 0 Å². The Kier molecular flexibility index (Phi) is 6.30. The molecule has 128 valence electrons. The summed E-state index contributed by atoms with van der Waals surface area (Å²) in [6.07, 6.45) is 2.17. The van der Waals surface area contributed by atoms with Gasteiger partial charge in [0.05, 0.1) is 6.04 Å². The fraction of sp³-hybridized carbons (Fsp3) is 0.647. The molecule has 0 bridgehead atoms. The Labute approximate surface area is 142 Å². The van der Waals surface area contributed by atoms with E-state index in [4.69, 9.17) is 0 Å². The third-order valence-corrected chi connectivity index (χ3v) is 5.46. The van der Waals surface area contributed by atoms with Crippen molar-refractivity contribution in [2.24, 2.45) is 5.92 Å². The van der Waals surface area contributed by atoms with Gasteiger partial charge in [0.2, 0.25) is 0 Å². The van der Waals surface area contributed by atoms with Crippen LogP contribution in [0.25, 0.3) is 0 Å². The predicted molar refractivity (Wildman–Crippen MR) is 95.0 cm³/mol. The Morgan fingerprint density at radius 3 is 2.74 bits per heavy atom. The van der Waals surface area contributed by atoms with Gasteiger partial charge in [-0.05, 0) is 24.0 Å². The minimum atomic E-state index is -0.155. The second-order valence-electron chi connectivity index (χ2n) is 6.45. The number of nitrogens with one attached hydrogen (secondary N) is 2. The number of rotatable bonds is 6. The van der Waals surface area contributed by atoms with Gasteiger partial charge in [0, 0.05) is 57.5 Å². The zero-order chi connectivity index (χ0) is 16.1. The molecule has 0 spiro atoms. The molecule has 2 atom stereocenters. The Balaban J connectivity index is 1.52. The van der Waals surface area contributed by atoms with E-state index >= 15 is 0 Å². The number of nitrogens with zero attached hydrogens (tertiary/aromatic N) is 2. The minimum absolute atomic E-state index is 0.155. The highest BCUT2D eigenvalue weighted by molar-refractivity contribution is 7.98. The van der Waals surface area contributed by atoms with E-state index in [1.165, 1.54) is 31.5 Å². The fourth-order valence-corrected chi connectivity index (χ4v) is 3.95. The van der Waals surface area contributed by atoms with Gasteiger partial charge in [-0.2, -0.15) is 11.8 Å². The first kappa shape index (κ1) is 17.2. The van der Waals surface area contributed by atoms with Crippen LogP contribution in [0.5, 0.6) is 0 Å². The van der Waals surface area contributed by atoms with Gasteiger partial charge in [0.1, 0.15) is 5.82 Å². The van der Waals surface area contributed by atoms with Crippen molar-refractivity contribution in [3.05, 3.63) is 35.6 Å². The largest absolute Gasteiger partial charge is 0.300 e. The molecule has 2 unspecified atom stereocenters. The molecule has 2 fully saturated rings. The fourth-order valence-electron chi connectivity index (χ4n) is 3.51. The summed E-state index contributed by atoms with van der Waals surface area (Å²) in [7, 11) is 0. The number of halogens is 1. The van der Waals surface area contributed by atoms with Gasteiger partial charge in [0.15, 0.2) is 0 Å². The summed E-state index contributed by atoms with van der Waals surface area (Å²) in [6.45, 7) is 7.82. The van der Waals surface area contributed by atoms with E-state index in [0.29, 0.717) is 5.92 Å². The second kappa shape index (κ2) is 8.44. The van der Waals surface area contributed by atoms with E-state index in [-0.39, 0.29) is 11.9 Å². The first-order valence-electron chi connectivity index (χ1n) is 8.44. The maximum Gasteiger partial charge on any atom is 0.123 e. The van der Waals surface area contributed by atoms with Crippen LogP contribution < -0.4 is 10.9 Å². The topological polar surface area (TPSA) is 30.5 Å². The standard InChI is InChI=1S/C17H27FN4S/c1-23-10-9-21-5-7-22(8-6-21)13-15-12-19-20-17(15)14-3-2-4-16(18)11-14/h2-4,11,15,17,19-20H,5-10,12-13H2,1H3. The molecule has 2 saturated heterocycles. The monoisotopic (exact) mass is 338 g/mol. The minimum Gasteiger partial charge on any atom is -0.300 e. The van der Waals surface area contributed by atoms with E-state index in [1.54, 1.807) is 12.1 Å². The van der Waals surface area contributed by atoms with E-state index < -0.39 is 0 Å². The Hall–Kier alpha value is -0.660. The first-order chi connectivity index (χ1) is 11.3. The SMILES string of the molecule is CSCCN1CCN(CC2CNNC2c2cccc(F)c2)CC1. The summed E-state index contributed by atoms with van der Waals surface area (Å²) >= 11 is 1.92. The lowest BCUT2D eigenvalue weighted by Gasteiger charge is -2.36. The summed E-state index contributed by atoms with van der Waals surface area (Å²) in [6, 6.07) is 7.17. The lowest BCUT2D eigenvalue weighted by Crippen LogP contribution is -2.48. The molecule has 6 heteroatoms. The molecule has 0 saturated carbocycles. The van der Waals surface area contributed by atoms with Crippen molar-refractivity contribution in [1.82, 2.24) is 20.7 Å². The van der Waals surface area contributed by atoms with Gasteiger partial charge in [-0.25, -0.2) is 9.82 Å². The summed E-state index contributed by atoms with van der Waals surface area (Å²) < 4.78 is 13.5. The van der Waals surface area contributed by atoms with Crippen molar-refractivity contribution in [1.29, 1.82) is 0 Å². The van der Waals surface area contributed by atoms with Crippen LogP contribution in [0.1, 0.15) is 11.6 Å². The molecule has 0 radical (unpaired) electrons. The molecule has 23 heavy (non-hydrogen) atoms. The van der Waals surface area contributed by atoms with Crippen molar-refractivity contribution < 1.29 is 4.39 Å². The number of thioether (sulfide) groups is 1. The van der Waals surface area contributed by atoms with Crippen LogP contribution in [-0.4, -0.2) is 67.6 Å². The average molecular weight is 338 g/mol. The predicted octanol–water partition coefficient (Wildman–Crippen LogP) is 1.57. The number of benzene rings is 1. The lowest BCUT2D eigenvalue weighted by atomic mass is 9.94. The molecule has 4 nitrogen and oxygen atoms in total. The molecule has 1 aromatic rings. The lowest BCUT2D eigenvalue weighted by molar-refractivity contribution is 0.121. The number of hydrazine groups is 1. The highest BCUT2D eigenvalue weighted by atomic mass is 32.2. The van der Waals surface area contributed by atoms with E-state index in [1.807, 2.05) is 17.8 Å². The first-order valence-corrected chi connectivity index (χ1v) is 9.83. The van der Waals surface area contributed by atoms with E-state index in [9.17, 15) is 4.39 Å². The summed E-state index contributed by atoms with van der Waals surface area (Å²) in [4.78, 5) is 5.11. The van der Waals surface area contributed by atoms with Crippen LogP contribution in [0.4, 0.5) is 4.39 Å². The van der Waals surface area contributed by atoms with E-state index in [2.05, 4.69) is 26.9 Å². The van der Waals surface area contributed by atoms with Crippen LogP contribution in [-0.2, 0) is 0 Å². The van der Waals surface area contributed by atoms with Gasteiger partial charge in [0.25, 0.3) is 0 Å². The zero-order valence-corrected chi connectivity index (χ0v) is 14.6. The van der Waals surface area contributed by atoms with Gasteiger partial charge in [-0.1, -0.05) is 12.1 Å². The third kappa shape index (κ3) is 4.67. The molecular formula is C17H27FN4S. The smallest absolute Gasteiger partial charge is 0.123 e. The summed E-state index contributed by atoms with van der Waals surface area (Å²) in [5.41, 5.74) is 7.61. The Morgan fingerprint density at radius 2 is 2.00 bits per heavy atom. The summed E-state index contributed by atoms with van der Waals surface area (Å²) in [5, 5.41) is 0. The van der Waals surface area contributed by atoms with Crippen molar-refractivity contribution >= 4 is 11.8 Å². The van der Waals surface area contributed by atoms with Crippen molar-refractivity contribution in [3.8, 4) is 0 Å². The molecule has 0 aliphatic carbocycles. The Morgan fingerprint density at radius 1 is 1.22 bits per heavy atom. The molecule has 2 heterocycles. The molecule has 2 aliphatic heterocycles. The average Bonchev–Trinajstić information content (AvgIpc) is 3.02. The maximum atomic E-state index is 13.5. The Bertz CT molecular complexity index is 493. The van der Waals surface area contributed by atoms with Gasteiger partial charge >= 0.3 is 0 Å². The number of piperazine rings is 1. The van der Waals surface area contributed by atoms with Gasteiger partial charge < -0.3 is 4.90 Å². The van der Waals surface area contributed by atoms with Crippen LogP contribution >= 0.6 is 11.8 Å². The van der Waals surface area contributed by atoms with Crippen molar-refractivity contribution in [2.75, 3.05) is 57.8 Å². The molecular weight excluding hydrogens is 311 g/mol. The third-order valence-electron chi connectivity index (χ3n) is 4.87.